The van der Waals surface area contributed by atoms with Gasteiger partial charge >= 0.3 is 0 Å². The third-order valence-corrected chi connectivity index (χ3v) is 3.36. The lowest BCUT2D eigenvalue weighted by molar-refractivity contribution is 0.542. The summed E-state index contributed by atoms with van der Waals surface area (Å²) in [5.41, 5.74) is 3.06. The third-order valence-electron chi connectivity index (χ3n) is 2.36. The fraction of sp³-hybridized carbons (Fsp3) is 0.500. The van der Waals surface area contributed by atoms with Crippen molar-refractivity contribution < 1.29 is 0 Å². The van der Waals surface area contributed by atoms with Crippen LogP contribution in [0.5, 0.6) is 0 Å². The quantitative estimate of drug-likeness (QED) is 0.758. The second-order valence-corrected chi connectivity index (χ2v) is 4.47. The molecule has 1 N–H and O–H groups in total. The summed E-state index contributed by atoms with van der Waals surface area (Å²) < 4.78 is 1.82. The van der Waals surface area contributed by atoms with Crippen LogP contribution < -0.4 is 5.32 Å². The number of hydrogen-bond acceptors (Lipinski definition) is 5. The zero-order valence-corrected chi connectivity index (χ0v) is 10.1. The van der Waals surface area contributed by atoms with E-state index in [2.05, 4.69) is 27.5 Å². The van der Waals surface area contributed by atoms with Gasteiger partial charge in [-0.3, -0.25) is 4.68 Å². The van der Waals surface area contributed by atoms with Crippen LogP contribution in [0.15, 0.2) is 17.9 Å². The molecule has 86 valence electrons. The van der Waals surface area contributed by atoms with Crippen molar-refractivity contribution in [3.63, 3.8) is 0 Å². The maximum absolute atomic E-state index is 4.22. The Morgan fingerprint density at radius 2 is 2.38 bits per heavy atom. The molecule has 16 heavy (non-hydrogen) atoms. The van der Waals surface area contributed by atoms with Gasteiger partial charge < -0.3 is 5.32 Å². The Kier molecular flexibility index (Phi) is 4.01. The molecule has 2 rings (SSSR count). The summed E-state index contributed by atoms with van der Waals surface area (Å²) in [7, 11) is 0. The molecular formula is C10H15N5S. The summed E-state index contributed by atoms with van der Waals surface area (Å²) in [6.45, 7) is 4.82. The molecule has 0 fully saturated rings. The predicted molar refractivity (Wildman–Crippen MR) is 63.4 cm³/mol. The molecule has 0 atom stereocenters. The first-order valence-corrected chi connectivity index (χ1v) is 6.18. The zero-order chi connectivity index (χ0) is 11.2. The SMILES string of the molecule is Cc1ncsc1CCNCCn1ccnn1. The Morgan fingerprint density at radius 1 is 1.44 bits per heavy atom. The van der Waals surface area contributed by atoms with Gasteiger partial charge in [0.25, 0.3) is 0 Å². The summed E-state index contributed by atoms with van der Waals surface area (Å²) in [5, 5.41) is 11.0. The van der Waals surface area contributed by atoms with Gasteiger partial charge in [0.1, 0.15) is 0 Å². The fourth-order valence-corrected chi connectivity index (χ4v) is 2.22. The number of rotatable bonds is 6. The van der Waals surface area contributed by atoms with Gasteiger partial charge in [0.15, 0.2) is 0 Å². The summed E-state index contributed by atoms with van der Waals surface area (Å²) in [6, 6.07) is 0. The van der Waals surface area contributed by atoms with Crippen LogP contribution in [-0.4, -0.2) is 33.1 Å². The van der Waals surface area contributed by atoms with Crippen molar-refractivity contribution in [1.29, 1.82) is 0 Å². The molecule has 0 aliphatic rings. The lowest BCUT2D eigenvalue weighted by Crippen LogP contribution is -2.22. The van der Waals surface area contributed by atoms with Crippen molar-refractivity contribution in [3.8, 4) is 0 Å². The molecule has 0 bridgehead atoms. The van der Waals surface area contributed by atoms with E-state index in [1.165, 1.54) is 4.88 Å². The molecule has 6 heteroatoms. The van der Waals surface area contributed by atoms with Crippen LogP contribution in [0.25, 0.3) is 0 Å². The first-order chi connectivity index (χ1) is 7.86. The van der Waals surface area contributed by atoms with E-state index < -0.39 is 0 Å². The minimum Gasteiger partial charge on any atom is -0.315 e. The number of hydrogen-bond donors (Lipinski definition) is 1. The third kappa shape index (κ3) is 3.11. The van der Waals surface area contributed by atoms with E-state index in [1.807, 2.05) is 16.4 Å². The molecule has 2 heterocycles. The second-order valence-electron chi connectivity index (χ2n) is 3.53. The van der Waals surface area contributed by atoms with Gasteiger partial charge in [-0.15, -0.1) is 16.4 Å². The number of aryl methyl sites for hydroxylation is 1. The van der Waals surface area contributed by atoms with E-state index in [-0.39, 0.29) is 0 Å². The van der Waals surface area contributed by atoms with Gasteiger partial charge in [-0.1, -0.05) is 5.21 Å². The summed E-state index contributed by atoms with van der Waals surface area (Å²) >= 11 is 1.73. The van der Waals surface area contributed by atoms with E-state index in [0.717, 1.165) is 31.7 Å². The Balaban J connectivity index is 1.61. The van der Waals surface area contributed by atoms with E-state index in [1.54, 1.807) is 17.5 Å². The van der Waals surface area contributed by atoms with Gasteiger partial charge in [0.2, 0.25) is 0 Å². The molecule has 0 aliphatic heterocycles. The van der Waals surface area contributed by atoms with E-state index in [9.17, 15) is 0 Å². The van der Waals surface area contributed by atoms with Gasteiger partial charge in [0.05, 0.1) is 23.9 Å². The molecule has 0 aliphatic carbocycles. The largest absolute Gasteiger partial charge is 0.315 e. The molecule has 0 aromatic carbocycles. The lowest BCUT2D eigenvalue weighted by Gasteiger charge is -2.03. The number of aromatic nitrogens is 4. The van der Waals surface area contributed by atoms with E-state index in [4.69, 9.17) is 0 Å². The van der Waals surface area contributed by atoms with Crippen molar-refractivity contribution in [2.45, 2.75) is 19.9 Å². The predicted octanol–water partition coefficient (Wildman–Crippen LogP) is 0.875. The van der Waals surface area contributed by atoms with Crippen LogP contribution in [0, 0.1) is 6.92 Å². The highest BCUT2D eigenvalue weighted by atomic mass is 32.1. The molecule has 0 unspecified atom stereocenters. The van der Waals surface area contributed by atoms with Crippen molar-refractivity contribution in [3.05, 3.63) is 28.5 Å². The molecule has 0 amide bonds. The Hall–Kier alpha value is -1.27. The second kappa shape index (κ2) is 5.72. The van der Waals surface area contributed by atoms with Crippen molar-refractivity contribution >= 4 is 11.3 Å². The normalized spacial score (nSPS) is 10.8. The first kappa shape index (κ1) is 11.2. The van der Waals surface area contributed by atoms with E-state index in [0.29, 0.717) is 0 Å². The van der Waals surface area contributed by atoms with Crippen molar-refractivity contribution in [2.24, 2.45) is 0 Å². The van der Waals surface area contributed by atoms with Crippen LogP contribution in [0.1, 0.15) is 10.6 Å². The molecule has 5 nitrogen and oxygen atoms in total. The Bertz CT molecular complexity index is 409. The van der Waals surface area contributed by atoms with Crippen molar-refractivity contribution in [1.82, 2.24) is 25.3 Å². The fourth-order valence-electron chi connectivity index (χ4n) is 1.44. The standard InChI is InChI=1S/C10H15N5S/c1-9-10(16-8-12-9)2-3-11-4-6-15-7-5-13-14-15/h5,7-8,11H,2-4,6H2,1H3. The molecule has 2 aromatic heterocycles. The number of thiazole rings is 1. The van der Waals surface area contributed by atoms with Crippen LogP contribution >= 0.6 is 11.3 Å². The topological polar surface area (TPSA) is 55.6 Å². The van der Waals surface area contributed by atoms with Gasteiger partial charge in [0, 0.05) is 24.2 Å². The highest BCUT2D eigenvalue weighted by Crippen LogP contribution is 2.11. The highest BCUT2D eigenvalue weighted by Gasteiger charge is 2.00. The summed E-state index contributed by atoms with van der Waals surface area (Å²) in [4.78, 5) is 5.59. The number of nitrogens with one attached hydrogen (secondary N) is 1. The smallest absolute Gasteiger partial charge is 0.0797 e. The summed E-state index contributed by atoms with van der Waals surface area (Å²) in [5.74, 6) is 0. The van der Waals surface area contributed by atoms with E-state index >= 15 is 0 Å². The Labute approximate surface area is 98.5 Å². The maximum atomic E-state index is 4.22. The lowest BCUT2D eigenvalue weighted by atomic mass is 10.3. The minimum absolute atomic E-state index is 0.863. The average molecular weight is 237 g/mol. The Morgan fingerprint density at radius 3 is 3.06 bits per heavy atom. The monoisotopic (exact) mass is 237 g/mol. The average Bonchev–Trinajstić information content (AvgIpc) is 2.90. The highest BCUT2D eigenvalue weighted by molar-refractivity contribution is 7.09. The number of nitrogens with zero attached hydrogens (tertiary/aromatic N) is 4. The molecule has 0 saturated heterocycles. The zero-order valence-electron chi connectivity index (χ0n) is 9.26. The maximum Gasteiger partial charge on any atom is 0.0797 e. The van der Waals surface area contributed by atoms with Gasteiger partial charge in [-0.05, 0) is 13.3 Å². The van der Waals surface area contributed by atoms with Gasteiger partial charge in [-0.2, -0.15) is 0 Å². The minimum atomic E-state index is 0.863. The molecular weight excluding hydrogens is 222 g/mol. The van der Waals surface area contributed by atoms with Crippen LogP contribution in [0.4, 0.5) is 0 Å². The van der Waals surface area contributed by atoms with Crippen LogP contribution in [0.2, 0.25) is 0 Å². The molecule has 2 aromatic rings. The van der Waals surface area contributed by atoms with Crippen LogP contribution in [-0.2, 0) is 13.0 Å². The van der Waals surface area contributed by atoms with Gasteiger partial charge in [-0.25, -0.2) is 4.98 Å². The molecule has 0 radical (unpaired) electrons. The van der Waals surface area contributed by atoms with Crippen LogP contribution in [0.3, 0.4) is 0 Å². The molecule has 0 saturated carbocycles. The summed E-state index contributed by atoms with van der Waals surface area (Å²) in [6.07, 6.45) is 4.61. The first-order valence-electron chi connectivity index (χ1n) is 5.30. The molecule has 0 spiro atoms. The van der Waals surface area contributed by atoms with Crippen molar-refractivity contribution in [2.75, 3.05) is 13.1 Å².